The highest BCUT2D eigenvalue weighted by Gasteiger charge is 2.47. The van der Waals surface area contributed by atoms with Gasteiger partial charge in [-0.05, 0) is 12.8 Å². The molecule has 4 nitrogen and oxygen atoms in total. The average Bonchev–Trinajstić information content (AvgIpc) is 2.55. The number of halogens is 2. The van der Waals surface area contributed by atoms with E-state index in [1.54, 1.807) is 0 Å². The van der Waals surface area contributed by atoms with Gasteiger partial charge in [0.2, 0.25) is 0 Å². The molecule has 0 aliphatic carbocycles. The summed E-state index contributed by atoms with van der Waals surface area (Å²) < 4.78 is 19.6. The van der Waals surface area contributed by atoms with Crippen LogP contribution in [0.3, 0.4) is 0 Å². The summed E-state index contributed by atoms with van der Waals surface area (Å²) in [7, 11) is -1.59. The van der Waals surface area contributed by atoms with Gasteiger partial charge in [0.15, 0.2) is 4.33 Å². The Bertz CT molecular complexity index is 367. The summed E-state index contributed by atoms with van der Waals surface area (Å²) in [5.74, 6) is 0. The number of hydrogen-bond donors (Lipinski definition) is 0. The molecule has 0 aliphatic rings. The van der Waals surface area contributed by atoms with Gasteiger partial charge >= 0.3 is 7.60 Å². The summed E-state index contributed by atoms with van der Waals surface area (Å²) in [6, 6.07) is 0. The first kappa shape index (κ1) is 23.4. The largest absolute Gasteiger partial charge is 0.399 e. The molecule has 0 bridgehead atoms. The second-order valence-corrected chi connectivity index (χ2v) is 9.42. The van der Waals surface area contributed by atoms with Gasteiger partial charge in [-0.25, -0.2) is 0 Å². The molecular formula is C16H31Cl2O4P. The van der Waals surface area contributed by atoms with Crippen molar-refractivity contribution in [2.24, 2.45) is 0 Å². The highest BCUT2D eigenvalue weighted by molar-refractivity contribution is 7.72. The molecule has 0 atom stereocenters. The molecule has 0 spiro atoms. The van der Waals surface area contributed by atoms with Crippen LogP contribution in [0.4, 0.5) is 0 Å². The van der Waals surface area contributed by atoms with Gasteiger partial charge in [0.05, 0.1) is 0 Å². The number of alkyl halides is 2. The Morgan fingerprint density at radius 1 is 0.870 bits per heavy atom. The molecule has 0 aromatic heterocycles. The summed E-state index contributed by atoms with van der Waals surface area (Å²) in [4.78, 5) is 12.1. The lowest BCUT2D eigenvalue weighted by atomic mass is 10.1. The number of carbonyl (C=O) groups is 1. The molecule has 0 heterocycles. The zero-order chi connectivity index (χ0) is 17.8. The van der Waals surface area contributed by atoms with Crippen LogP contribution in [-0.4, -0.2) is 24.1 Å². The standard InChI is InChI=1S/C16H31Cl2O4P/c1-4-5-6-7-8-9-10-11-12-13-14-16(17,18)15(19)23(20,21-2)22-3/h4-14H2,1-3H3. The van der Waals surface area contributed by atoms with Gasteiger partial charge < -0.3 is 9.05 Å². The van der Waals surface area contributed by atoms with E-state index in [0.717, 1.165) is 27.1 Å². The number of unbranched alkanes of at least 4 members (excludes halogenated alkanes) is 9. The van der Waals surface area contributed by atoms with Crippen LogP contribution in [0, 0.1) is 0 Å². The summed E-state index contributed by atoms with van der Waals surface area (Å²) >= 11 is 12.0. The molecule has 7 heteroatoms. The van der Waals surface area contributed by atoms with E-state index in [0.29, 0.717) is 6.42 Å². The Kier molecular flexibility index (Phi) is 12.9. The normalized spacial score (nSPS) is 12.6. The van der Waals surface area contributed by atoms with Crippen molar-refractivity contribution in [1.29, 1.82) is 0 Å². The predicted octanol–water partition coefficient (Wildman–Crippen LogP) is 6.48. The fraction of sp³-hybridized carbons (Fsp3) is 0.938. The lowest BCUT2D eigenvalue weighted by Gasteiger charge is -2.21. The molecule has 0 aromatic rings. The first-order chi connectivity index (χ1) is 10.8. The smallest absolute Gasteiger partial charge is 0.306 e. The van der Waals surface area contributed by atoms with Crippen LogP contribution in [0.2, 0.25) is 0 Å². The highest BCUT2D eigenvalue weighted by Crippen LogP contribution is 2.54. The fourth-order valence-corrected chi connectivity index (χ4v) is 4.26. The lowest BCUT2D eigenvalue weighted by Crippen LogP contribution is -2.27. The van der Waals surface area contributed by atoms with E-state index in [4.69, 9.17) is 23.2 Å². The average molecular weight is 389 g/mol. The fourth-order valence-electron chi connectivity index (χ4n) is 2.38. The molecule has 0 saturated heterocycles. The van der Waals surface area contributed by atoms with Crippen molar-refractivity contribution >= 4 is 36.3 Å². The minimum absolute atomic E-state index is 0.252. The van der Waals surface area contributed by atoms with Crippen molar-refractivity contribution in [2.45, 2.75) is 81.9 Å². The molecule has 23 heavy (non-hydrogen) atoms. The van der Waals surface area contributed by atoms with Crippen LogP contribution in [0.25, 0.3) is 0 Å². The van der Waals surface area contributed by atoms with E-state index in [1.165, 1.54) is 44.9 Å². The Balaban J connectivity index is 3.86. The van der Waals surface area contributed by atoms with Crippen LogP contribution in [0.5, 0.6) is 0 Å². The van der Waals surface area contributed by atoms with Crippen LogP contribution in [0.1, 0.15) is 77.6 Å². The third-order valence-corrected chi connectivity index (χ3v) is 6.71. The number of hydrogen-bond acceptors (Lipinski definition) is 4. The molecule has 0 saturated carbocycles. The molecule has 0 aliphatic heterocycles. The van der Waals surface area contributed by atoms with Gasteiger partial charge in [0.1, 0.15) is 0 Å². The van der Waals surface area contributed by atoms with Gasteiger partial charge in [-0.2, -0.15) is 0 Å². The van der Waals surface area contributed by atoms with Gasteiger partial charge in [0.25, 0.3) is 5.52 Å². The second kappa shape index (κ2) is 12.7. The van der Waals surface area contributed by atoms with E-state index in [2.05, 4.69) is 16.0 Å². The Morgan fingerprint density at radius 3 is 1.65 bits per heavy atom. The summed E-state index contributed by atoms with van der Waals surface area (Å²) in [6.45, 7) is 2.22. The quantitative estimate of drug-likeness (QED) is 0.183. The van der Waals surface area contributed by atoms with Crippen LogP contribution in [0.15, 0.2) is 0 Å². The predicted molar refractivity (Wildman–Crippen MR) is 97.5 cm³/mol. The van der Waals surface area contributed by atoms with Gasteiger partial charge in [-0.3, -0.25) is 9.36 Å². The van der Waals surface area contributed by atoms with E-state index < -0.39 is 17.5 Å². The third-order valence-electron chi connectivity index (χ3n) is 3.89. The van der Waals surface area contributed by atoms with E-state index >= 15 is 0 Å². The maximum atomic E-state index is 12.1. The highest BCUT2D eigenvalue weighted by atomic mass is 35.5. The van der Waals surface area contributed by atoms with Crippen molar-refractivity contribution in [3.8, 4) is 0 Å². The first-order valence-corrected chi connectivity index (χ1v) is 10.8. The van der Waals surface area contributed by atoms with Gasteiger partial charge in [-0.1, -0.05) is 87.9 Å². The van der Waals surface area contributed by atoms with Crippen molar-refractivity contribution in [1.82, 2.24) is 0 Å². The molecule has 0 rings (SSSR count). The van der Waals surface area contributed by atoms with Crippen molar-refractivity contribution in [3.63, 3.8) is 0 Å². The lowest BCUT2D eigenvalue weighted by molar-refractivity contribution is -0.114. The maximum absolute atomic E-state index is 12.1. The van der Waals surface area contributed by atoms with Crippen LogP contribution in [-0.2, 0) is 18.4 Å². The Labute approximate surface area is 151 Å². The molecule has 0 unspecified atom stereocenters. The number of carbonyl (C=O) groups excluding carboxylic acids is 1. The molecule has 138 valence electrons. The zero-order valence-electron chi connectivity index (χ0n) is 14.6. The third kappa shape index (κ3) is 9.45. The van der Waals surface area contributed by atoms with Gasteiger partial charge in [-0.15, -0.1) is 0 Å². The Hall–Kier alpha value is 0.400. The molecule has 0 amide bonds. The SMILES string of the molecule is CCCCCCCCCCCCC(Cl)(Cl)C(=O)P(=O)(OC)OC. The van der Waals surface area contributed by atoms with Crippen molar-refractivity contribution < 1.29 is 18.4 Å². The molecule has 0 fully saturated rings. The summed E-state index contributed by atoms with van der Waals surface area (Å²) in [5, 5.41) is 0. The number of rotatable bonds is 15. The molecular weight excluding hydrogens is 358 g/mol. The van der Waals surface area contributed by atoms with E-state index in [1.807, 2.05) is 0 Å². The van der Waals surface area contributed by atoms with E-state index in [9.17, 15) is 9.36 Å². The monoisotopic (exact) mass is 388 g/mol. The maximum Gasteiger partial charge on any atom is 0.399 e. The summed E-state index contributed by atoms with van der Waals surface area (Å²) in [5.41, 5.74) is -0.880. The minimum atomic E-state index is -3.88. The molecule has 0 radical (unpaired) electrons. The zero-order valence-corrected chi connectivity index (χ0v) is 17.0. The second-order valence-electron chi connectivity index (χ2n) is 5.80. The summed E-state index contributed by atoms with van der Waals surface area (Å²) in [6.07, 6.45) is 12.0. The molecule has 0 aromatic carbocycles. The van der Waals surface area contributed by atoms with Crippen LogP contribution < -0.4 is 0 Å². The van der Waals surface area contributed by atoms with Crippen molar-refractivity contribution in [3.05, 3.63) is 0 Å². The minimum Gasteiger partial charge on any atom is -0.306 e. The molecule has 0 N–H and O–H groups in total. The Morgan fingerprint density at radius 2 is 1.26 bits per heavy atom. The van der Waals surface area contributed by atoms with Gasteiger partial charge in [0, 0.05) is 14.2 Å². The van der Waals surface area contributed by atoms with E-state index in [-0.39, 0.29) is 6.42 Å². The van der Waals surface area contributed by atoms with Crippen molar-refractivity contribution in [2.75, 3.05) is 14.2 Å². The topological polar surface area (TPSA) is 52.6 Å². The first-order valence-electron chi connectivity index (χ1n) is 8.48. The van der Waals surface area contributed by atoms with Crippen LogP contribution >= 0.6 is 30.8 Å².